The zero-order chi connectivity index (χ0) is 16.9. The van der Waals surface area contributed by atoms with Crippen LogP contribution in [-0.4, -0.2) is 18.4 Å². The van der Waals surface area contributed by atoms with E-state index in [-0.39, 0.29) is 29.0 Å². The van der Waals surface area contributed by atoms with Crippen LogP contribution in [0.25, 0.3) is 0 Å². The highest BCUT2D eigenvalue weighted by Gasteiger charge is 2.62. The van der Waals surface area contributed by atoms with Crippen molar-refractivity contribution in [1.82, 2.24) is 0 Å². The zero-order valence-corrected chi connectivity index (χ0v) is 14.6. The first-order chi connectivity index (χ1) is 10.8. The molecular formula is C20H28O3. The number of rotatable bonds is 2. The highest BCUT2D eigenvalue weighted by atomic mass is 16.1. The molecule has 0 aromatic heterocycles. The van der Waals surface area contributed by atoms with Gasteiger partial charge in [0.1, 0.15) is 12.6 Å². The van der Waals surface area contributed by atoms with Gasteiger partial charge in [-0.1, -0.05) is 33.3 Å². The summed E-state index contributed by atoms with van der Waals surface area (Å²) < 4.78 is 0. The number of hydrogen-bond acceptors (Lipinski definition) is 3. The van der Waals surface area contributed by atoms with Crippen molar-refractivity contribution in [2.24, 2.45) is 28.1 Å². The van der Waals surface area contributed by atoms with Gasteiger partial charge < -0.3 is 4.79 Å². The molecular weight excluding hydrogens is 288 g/mol. The van der Waals surface area contributed by atoms with Crippen molar-refractivity contribution in [1.29, 1.82) is 0 Å². The maximum Gasteiger partial charge on any atom is 0.150 e. The lowest BCUT2D eigenvalue weighted by atomic mass is 9.42. The SMILES string of the molecule is CC1(C)CCC[C@@]2(C)C1CC[C@@]1(C=O)C(=O)CC(C=O)=CC[C@@H]12. The van der Waals surface area contributed by atoms with E-state index < -0.39 is 5.41 Å². The minimum Gasteiger partial charge on any atom is -0.302 e. The number of carbonyl (C=O) groups excluding carboxylic acids is 3. The van der Waals surface area contributed by atoms with Gasteiger partial charge in [-0.3, -0.25) is 9.59 Å². The molecule has 0 saturated heterocycles. The molecule has 3 aliphatic rings. The molecule has 3 heteroatoms. The number of carbonyl (C=O) groups is 3. The average molecular weight is 316 g/mol. The molecule has 2 saturated carbocycles. The Hall–Kier alpha value is -1.25. The Balaban J connectivity index is 2.10. The quantitative estimate of drug-likeness (QED) is 0.573. The Kier molecular flexibility index (Phi) is 3.89. The van der Waals surface area contributed by atoms with E-state index >= 15 is 0 Å². The number of aldehydes is 2. The molecule has 0 N–H and O–H groups in total. The van der Waals surface area contributed by atoms with Crippen LogP contribution in [0.2, 0.25) is 0 Å². The van der Waals surface area contributed by atoms with Gasteiger partial charge in [-0.05, 0) is 60.3 Å². The lowest BCUT2D eigenvalue weighted by Gasteiger charge is -2.61. The lowest BCUT2D eigenvalue weighted by molar-refractivity contribution is -0.162. The summed E-state index contributed by atoms with van der Waals surface area (Å²) in [6.45, 7) is 6.98. The summed E-state index contributed by atoms with van der Waals surface area (Å²) >= 11 is 0. The zero-order valence-electron chi connectivity index (χ0n) is 14.6. The van der Waals surface area contributed by atoms with E-state index in [0.717, 1.165) is 31.8 Å². The minimum atomic E-state index is -0.875. The van der Waals surface area contributed by atoms with E-state index in [0.29, 0.717) is 24.3 Å². The second kappa shape index (κ2) is 5.39. The van der Waals surface area contributed by atoms with Gasteiger partial charge in [0.05, 0.1) is 5.41 Å². The molecule has 1 unspecified atom stereocenters. The number of ketones is 1. The van der Waals surface area contributed by atoms with Gasteiger partial charge in [0.2, 0.25) is 0 Å². The molecule has 0 aromatic rings. The number of fused-ring (bicyclic) bond motifs is 3. The van der Waals surface area contributed by atoms with Crippen molar-refractivity contribution in [2.45, 2.75) is 65.7 Å². The first-order valence-corrected chi connectivity index (χ1v) is 8.94. The Labute approximate surface area is 138 Å². The topological polar surface area (TPSA) is 51.2 Å². The summed E-state index contributed by atoms with van der Waals surface area (Å²) in [5.41, 5.74) is -0.0548. The van der Waals surface area contributed by atoms with E-state index in [1.54, 1.807) is 0 Å². The van der Waals surface area contributed by atoms with Gasteiger partial charge in [0.25, 0.3) is 0 Å². The fourth-order valence-electron chi connectivity index (χ4n) is 6.25. The normalized spacial score (nSPS) is 42.7. The second-order valence-corrected chi connectivity index (χ2v) is 8.88. The highest BCUT2D eigenvalue weighted by molar-refractivity contribution is 6.02. The van der Waals surface area contributed by atoms with Crippen LogP contribution in [0.4, 0.5) is 0 Å². The average Bonchev–Trinajstić information content (AvgIpc) is 2.64. The van der Waals surface area contributed by atoms with Gasteiger partial charge in [-0.15, -0.1) is 0 Å². The van der Waals surface area contributed by atoms with Crippen molar-refractivity contribution in [3.8, 4) is 0 Å². The van der Waals surface area contributed by atoms with Crippen LogP contribution in [0.1, 0.15) is 65.7 Å². The van der Waals surface area contributed by atoms with Gasteiger partial charge in [-0.25, -0.2) is 0 Å². The monoisotopic (exact) mass is 316 g/mol. The Morgan fingerprint density at radius 1 is 1.09 bits per heavy atom. The van der Waals surface area contributed by atoms with Crippen LogP contribution in [0.15, 0.2) is 11.6 Å². The molecule has 0 bridgehead atoms. The maximum atomic E-state index is 12.9. The molecule has 4 atom stereocenters. The highest BCUT2D eigenvalue weighted by Crippen LogP contribution is 2.65. The van der Waals surface area contributed by atoms with Crippen LogP contribution in [0.5, 0.6) is 0 Å². The third-order valence-electron chi connectivity index (χ3n) is 7.40. The molecule has 0 heterocycles. The maximum absolute atomic E-state index is 12.9. The van der Waals surface area contributed by atoms with Crippen molar-refractivity contribution < 1.29 is 14.4 Å². The number of Topliss-reactive ketones (excluding diaryl/α,β-unsaturated/α-hetero) is 1. The molecule has 0 aromatic carbocycles. The summed E-state index contributed by atoms with van der Waals surface area (Å²) in [5.74, 6) is 0.549. The first kappa shape index (κ1) is 16.6. The standard InChI is InChI=1S/C20H28O3/c1-18(2)8-4-9-19(3)15(18)7-10-20(13-22)16(19)6-5-14(12-21)11-17(20)23/h5,12-13,15-16H,4,6-11H2,1-3H3/t15?,16-,19+,20+/m1/s1. The number of hydrogen-bond donors (Lipinski definition) is 0. The van der Waals surface area contributed by atoms with E-state index in [4.69, 9.17) is 0 Å². The summed E-state index contributed by atoms with van der Waals surface area (Å²) in [4.78, 5) is 36.3. The molecule has 2 fully saturated rings. The van der Waals surface area contributed by atoms with Crippen LogP contribution >= 0.6 is 0 Å². The van der Waals surface area contributed by atoms with Gasteiger partial charge >= 0.3 is 0 Å². The third kappa shape index (κ3) is 2.27. The van der Waals surface area contributed by atoms with E-state index in [1.807, 2.05) is 6.08 Å². The number of allylic oxidation sites excluding steroid dienone is 2. The van der Waals surface area contributed by atoms with Crippen molar-refractivity contribution in [2.75, 3.05) is 0 Å². The van der Waals surface area contributed by atoms with Crippen LogP contribution < -0.4 is 0 Å². The van der Waals surface area contributed by atoms with Crippen molar-refractivity contribution in [3.63, 3.8) is 0 Å². The Bertz CT molecular complexity index is 573. The molecule has 3 nitrogen and oxygen atoms in total. The molecule has 3 aliphatic carbocycles. The molecule has 0 amide bonds. The lowest BCUT2D eigenvalue weighted by Crippen LogP contribution is -2.58. The summed E-state index contributed by atoms with van der Waals surface area (Å²) in [5, 5.41) is 0. The fraction of sp³-hybridized carbons (Fsp3) is 0.750. The summed E-state index contributed by atoms with van der Waals surface area (Å²) in [6, 6.07) is 0. The fourth-order valence-corrected chi connectivity index (χ4v) is 6.25. The predicted molar refractivity (Wildman–Crippen MR) is 88.8 cm³/mol. The molecule has 3 rings (SSSR count). The summed E-state index contributed by atoms with van der Waals surface area (Å²) in [6.07, 6.45) is 9.52. The minimum absolute atomic E-state index is 0.00536. The van der Waals surface area contributed by atoms with Gasteiger partial charge in [-0.2, -0.15) is 0 Å². The van der Waals surface area contributed by atoms with Crippen molar-refractivity contribution in [3.05, 3.63) is 11.6 Å². The molecule has 0 radical (unpaired) electrons. The van der Waals surface area contributed by atoms with Crippen LogP contribution in [-0.2, 0) is 14.4 Å². The largest absolute Gasteiger partial charge is 0.302 e. The Morgan fingerprint density at radius 3 is 2.48 bits per heavy atom. The van der Waals surface area contributed by atoms with Crippen molar-refractivity contribution >= 4 is 18.4 Å². The van der Waals surface area contributed by atoms with Gasteiger partial charge in [0, 0.05) is 6.42 Å². The molecule has 0 aliphatic heterocycles. The van der Waals surface area contributed by atoms with E-state index in [9.17, 15) is 14.4 Å². The predicted octanol–water partition coefficient (Wildman–Crippen LogP) is 3.90. The second-order valence-electron chi connectivity index (χ2n) is 8.88. The van der Waals surface area contributed by atoms with Crippen LogP contribution in [0.3, 0.4) is 0 Å². The molecule has 0 spiro atoms. The summed E-state index contributed by atoms with van der Waals surface area (Å²) in [7, 11) is 0. The molecule has 126 valence electrons. The first-order valence-electron chi connectivity index (χ1n) is 8.94. The van der Waals surface area contributed by atoms with Crippen LogP contribution in [0, 0.1) is 28.1 Å². The Morgan fingerprint density at radius 2 is 1.83 bits per heavy atom. The molecule has 23 heavy (non-hydrogen) atoms. The van der Waals surface area contributed by atoms with E-state index in [2.05, 4.69) is 20.8 Å². The smallest absolute Gasteiger partial charge is 0.150 e. The third-order valence-corrected chi connectivity index (χ3v) is 7.40. The van der Waals surface area contributed by atoms with Gasteiger partial charge in [0.15, 0.2) is 5.78 Å². The van der Waals surface area contributed by atoms with E-state index in [1.165, 1.54) is 6.42 Å².